The van der Waals surface area contributed by atoms with Crippen LogP contribution in [-0.4, -0.2) is 24.1 Å². The predicted octanol–water partition coefficient (Wildman–Crippen LogP) is 2.47. The van der Waals surface area contributed by atoms with Crippen LogP contribution in [0.25, 0.3) is 0 Å². The molecule has 0 radical (unpaired) electrons. The molecule has 0 spiro atoms. The van der Waals surface area contributed by atoms with Crippen LogP contribution in [0.2, 0.25) is 0 Å². The molecule has 0 heterocycles. The van der Waals surface area contributed by atoms with Gasteiger partial charge in [-0.25, -0.2) is 13.2 Å². The number of rotatable bonds is 5. The normalized spacial score (nSPS) is 12.6. The van der Waals surface area contributed by atoms with E-state index in [1.54, 1.807) is 0 Å². The summed E-state index contributed by atoms with van der Waals surface area (Å²) in [5, 5.41) is 2.40. The summed E-state index contributed by atoms with van der Waals surface area (Å²) in [6.45, 7) is 1.47. The van der Waals surface area contributed by atoms with Gasteiger partial charge in [0, 0.05) is 4.90 Å². The number of nitrogens with one attached hydrogen (secondary N) is 1. The van der Waals surface area contributed by atoms with Gasteiger partial charge in [0.15, 0.2) is 0 Å². The van der Waals surface area contributed by atoms with E-state index in [0.29, 0.717) is 4.90 Å². The molecule has 100 valence electrons. The van der Waals surface area contributed by atoms with Crippen LogP contribution in [0.5, 0.6) is 0 Å². The standard InChI is InChI=1S/C11H13F3N2OS/c1-6(15)11(17)16-8-4-7(12)2-3-9(8)18-5-10(13)14/h2-4,6,10H,5,15H2,1H3,(H,16,17)/t6-/m0/s1. The Bertz CT molecular complexity index is 427. The van der Waals surface area contributed by atoms with Gasteiger partial charge < -0.3 is 11.1 Å². The molecule has 0 fully saturated rings. The van der Waals surface area contributed by atoms with E-state index in [0.717, 1.165) is 23.9 Å². The summed E-state index contributed by atoms with van der Waals surface area (Å²) in [6.07, 6.45) is -2.47. The fourth-order valence-electron chi connectivity index (χ4n) is 1.13. The highest BCUT2D eigenvalue weighted by Gasteiger charge is 2.13. The molecule has 18 heavy (non-hydrogen) atoms. The van der Waals surface area contributed by atoms with E-state index in [9.17, 15) is 18.0 Å². The van der Waals surface area contributed by atoms with Crippen LogP contribution in [-0.2, 0) is 4.79 Å². The lowest BCUT2D eigenvalue weighted by atomic mass is 10.2. The van der Waals surface area contributed by atoms with Gasteiger partial charge in [0.1, 0.15) is 5.82 Å². The van der Waals surface area contributed by atoms with Crippen molar-refractivity contribution in [3.8, 4) is 0 Å². The number of carbonyl (C=O) groups excluding carboxylic acids is 1. The van der Waals surface area contributed by atoms with E-state index >= 15 is 0 Å². The van der Waals surface area contributed by atoms with E-state index in [-0.39, 0.29) is 5.69 Å². The van der Waals surface area contributed by atoms with Crippen molar-refractivity contribution in [1.29, 1.82) is 0 Å². The average molecular weight is 278 g/mol. The lowest BCUT2D eigenvalue weighted by Crippen LogP contribution is -2.32. The van der Waals surface area contributed by atoms with Crippen LogP contribution in [0.1, 0.15) is 6.92 Å². The zero-order valence-corrected chi connectivity index (χ0v) is 10.4. The quantitative estimate of drug-likeness (QED) is 0.813. The number of hydrogen-bond acceptors (Lipinski definition) is 3. The van der Waals surface area contributed by atoms with Crippen LogP contribution < -0.4 is 11.1 Å². The molecule has 0 aromatic heterocycles. The first-order chi connectivity index (χ1) is 8.40. The first kappa shape index (κ1) is 14.8. The van der Waals surface area contributed by atoms with Crippen molar-refractivity contribution >= 4 is 23.4 Å². The summed E-state index contributed by atoms with van der Waals surface area (Å²) in [7, 11) is 0. The second kappa shape index (κ2) is 6.65. The Hall–Kier alpha value is -1.21. The summed E-state index contributed by atoms with van der Waals surface area (Å²) in [5.74, 6) is -1.48. The Morgan fingerprint density at radius 1 is 1.50 bits per heavy atom. The summed E-state index contributed by atoms with van der Waals surface area (Å²) < 4.78 is 37.3. The summed E-state index contributed by atoms with van der Waals surface area (Å²) in [6, 6.07) is 2.81. The van der Waals surface area contributed by atoms with Crippen LogP contribution in [0, 0.1) is 5.82 Å². The van der Waals surface area contributed by atoms with Crippen molar-refractivity contribution < 1.29 is 18.0 Å². The Morgan fingerprint density at radius 3 is 2.72 bits per heavy atom. The third kappa shape index (κ3) is 4.58. The van der Waals surface area contributed by atoms with Crippen molar-refractivity contribution in [2.24, 2.45) is 5.73 Å². The lowest BCUT2D eigenvalue weighted by Gasteiger charge is -2.12. The largest absolute Gasteiger partial charge is 0.324 e. The molecule has 0 bridgehead atoms. The lowest BCUT2D eigenvalue weighted by molar-refractivity contribution is -0.117. The number of halogens is 3. The van der Waals surface area contributed by atoms with Crippen molar-refractivity contribution in [3.05, 3.63) is 24.0 Å². The summed E-state index contributed by atoms with van der Waals surface area (Å²) in [5.41, 5.74) is 5.52. The first-order valence-electron chi connectivity index (χ1n) is 5.17. The maximum atomic E-state index is 13.1. The minimum atomic E-state index is -2.47. The molecule has 1 rings (SSSR count). The van der Waals surface area contributed by atoms with Gasteiger partial charge in [0.2, 0.25) is 12.3 Å². The number of carbonyl (C=O) groups is 1. The van der Waals surface area contributed by atoms with Crippen molar-refractivity contribution in [2.75, 3.05) is 11.1 Å². The highest BCUT2D eigenvalue weighted by Crippen LogP contribution is 2.29. The Labute approximate surface area is 107 Å². The molecule has 0 aliphatic carbocycles. The number of benzene rings is 1. The van der Waals surface area contributed by atoms with Gasteiger partial charge >= 0.3 is 0 Å². The fraction of sp³-hybridized carbons (Fsp3) is 0.364. The molecule has 0 aliphatic heterocycles. The number of thioether (sulfide) groups is 1. The number of nitrogens with two attached hydrogens (primary N) is 1. The molecule has 0 aliphatic rings. The summed E-state index contributed by atoms with van der Waals surface area (Å²) >= 11 is 0.845. The highest BCUT2D eigenvalue weighted by atomic mass is 32.2. The van der Waals surface area contributed by atoms with Gasteiger partial charge in [-0.2, -0.15) is 0 Å². The molecule has 1 aromatic carbocycles. The third-order valence-corrected chi connectivity index (χ3v) is 3.06. The highest BCUT2D eigenvalue weighted by molar-refractivity contribution is 7.99. The van der Waals surface area contributed by atoms with Gasteiger partial charge in [-0.3, -0.25) is 4.79 Å². The molecule has 0 saturated carbocycles. The van der Waals surface area contributed by atoms with Crippen LogP contribution in [0.15, 0.2) is 23.1 Å². The molecular weight excluding hydrogens is 265 g/mol. The van der Waals surface area contributed by atoms with E-state index in [1.165, 1.54) is 13.0 Å². The van der Waals surface area contributed by atoms with Crippen LogP contribution in [0.4, 0.5) is 18.9 Å². The van der Waals surface area contributed by atoms with Gasteiger partial charge in [0.05, 0.1) is 17.5 Å². The average Bonchev–Trinajstić information content (AvgIpc) is 2.27. The number of amides is 1. The van der Waals surface area contributed by atoms with Crippen molar-refractivity contribution in [1.82, 2.24) is 0 Å². The van der Waals surface area contributed by atoms with E-state index in [2.05, 4.69) is 5.32 Å². The Kier molecular flexibility index (Phi) is 5.49. The van der Waals surface area contributed by atoms with Crippen molar-refractivity contribution in [3.63, 3.8) is 0 Å². The van der Waals surface area contributed by atoms with E-state index < -0.39 is 29.9 Å². The molecule has 3 N–H and O–H groups in total. The molecule has 1 atom stereocenters. The number of hydrogen-bond donors (Lipinski definition) is 2. The molecular formula is C11H13F3N2OS. The summed E-state index contributed by atoms with van der Waals surface area (Å²) in [4.78, 5) is 11.8. The van der Waals surface area contributed by atoms with E-state index in [1.807, 2.05) is 0 Å². The Balaban J connectivity index is 2.86. The first-order valence-corrected chi connectivity index (χ1v) is 6.15. The SMILES string of the molecule is C[C@H](N)C(=O)Nc1cc(F)ccc1SCC(F)F. The van der Waals surface area contributed by atoms with Crippen LogP contribution >= 0.6 is 11.8 Å². The van der Waals surface area contributed by atoms with Gasteiger partial charge in [-0.15, -0.1) is 11.8 Å². The minimum Gasteiger partial charge on any atom is -0.324 e. The van der Waals surface area contributed by atoms with Gasteiger partial charge in [0.25, 0.3) is 0 Å². The van der Waals surface area contributed by atoms with Gasteiger partial charge in [-0.05, 0) is 25.1 Å². The second-order valence-corrected chi connectivity index (χ2v) is 4.68. The fourth-order valence-corrected chi connectivity index (χ4v) is 1.86. The molecule has 0 saturated heterocycles. The molecule has 7 heteroatoms. The molecule has 0 unspecified atom stereocenters. The predicted molar refractivity (Wildman–Crippen MR) is 65.4 cm³/mol. The topological polar surface area (TPSA) is 55.1 Å². The molecule has 1 aromatic rings. The van der Waals surface area contributed by atoms with Gasteiger partial charge in [-0.1, -0.05) is 0 Å². The monoisotopic (exact) mass is 278 g/mol. The minimum absolute atomic E-state index is 0.156. The maximum Gasteiger partial charge on any atom is 0.247 e. The zero-order chi connectivity index (χ0) is 13.7. The third-order valence-electron chi connectivity index (χ3n) is 1.98. The number of alkyl halides is 2. The van der Waals surface area contributed by atoms with Crippen molar-refractivity contribution in [2.45, 2.75) is 24.3 Å². The van der Waals surface area contributed by atoms with E-state index in [4.69, 9.17) is 5.73 Å². The number of anilines is 1. The second-order valence-electron chi connectivity index (χ2n) is 3.62. The maximum absolute atomic E-state index is 13.1. The molecule has 1 amide bonds. The molecule has 3 nitrogen and oxygen atoms in total. The van der Waals surface area contributed by atoms with Crippen LogP contribution in [0.3, 0.4) is 0 Å². The smallest absolute Gasteiger partial charge is 0.247 e. The zero-order valence-electron chi connectivity index (χ0n) is 9.62. The Morgan fingerprint density at radius 2 is 2.17 bits per heavy atom.